The Morgan fingerprint density at radius 1 is 1.14 bits per heavy atom. The highest BCUT2D eigenvalue weighted by atomic mass is 16.5. The number of rotatable bonds is 4. The zero-order valence-electron chi connectivity index (χ0n) is 16.9. The summed E-state index contributed by atoms with van der Waals surface area (Å²) < 4.78 is 5.42. The maximum Gasteiger partial charge on any atom is 0.225 e. The van der Waals surface area contributed by atoms with Crippen LogP contribution in [-0.4, -0.2) is 53.1 Å². The quantitative estimate of drug-likeness (QED) is 0.801. The maximum absolute atomic E-state index is 13.0. The predicted molar refractivity (Wildman–Crippen MR) is 111 cm³/mol. The van der Waals surface area contributed by atoms with Crippen LogP contribution in [0.1, 0.15) is 31.2 Å². The van der Waals surface area contributed by atoms with Gasteiger partial charge in [0.2, 0.25) is 11.9 Å². The summed E-state index contributed by atoms with van der Waals surface area (Å²) >= 11 is 0. The van der Waals surface area contributed by atoms with E-state index >= 15 is 0 Å². The lowest BCUT2D eigenvalue weighted by Gasteiger charge is -2.56. The first-order chi connectivity index (χ1) is 14.2. The molecule has 29 heavy (non-hydrogen) atoms. The van der Waals surface area contributed by atoms with Crippen LogP contribution in [0.5, 0.6) is 5.75 Å². The van der Waals surface area contributed by atoms with E-state index in [-0.39, 0.29) is 6.04 Å². The third-order valence-electron chi connectivity index (χ3n) is 6.91. The molecule has 1 aromatic carbocycles. The van der Waals surface area contributed by atoms with Crippen molar-refractivity contribution in [3.63, 3.8) is 0 Å². The van der Waals surface area contributed by atoms with Gasteiger partial charge < -0.3 is 14.5 Å². The Balaban J connectivity index is 1.46. The lowest BCUT2D eigenvalue weighted by atomic mass is 9.71. The van der Waals surface area contributed by atoms with E-state index < -0.39 is 0 Å². The number of hydrogen-bond donors (Lipinski definition) is 0. The van der Waals surface area contributed by atoms with Crippen molar-refractivity contribution in [2.75, 3.05) is 25.1 Å². The summed E-state index contributed by atoms with van der Waals surface area (Å²) in [6.07, 6.45) is 8.51. The molecule has 4 atom stereocenters. The van der Waals surface area contributed by atoms with Crippen LogP contribution in [0.25, 0.3) is 0 Å². The molecule has 0 aliphatic carbocycles. The molecule has 3 saturated heterocycles. The Morgan fingerprint density at radius 2 is 1.97 bits per heavy atom. The number of benzene rings is 1. The van der Waals surface area contributed by atoms with E-state index in [1.54, 1.807) is 7.11 Å². The number of piperidine rings is 3. The van der Waals surface area contributed by atoms with Gasteiger partial charge in [-0.05, 0) is 61.3 Å². The molecule has 3 aliphatic heterocycles. The second-order valence-electron chi connectivity index (χ2n) is 8.59. The van der Waals surface area contributed by atoms with Crippen LogP contribution < -0.4 is 9.64 Å². The summed E-state index contributed by atoms with van der Waals surface area (Å²) in [4.78, 5) is 26.6. The normalized spacial score (nSPS) is 28.8. The summed E-state index contributed by atoms with van der Waals surface area (Å²) in [7, 11) is 1.70. The van der Waals surface area contributed by atoms with Crippen LogP contribution >= 0.6 is 0 Å². The molecule has 0 spiro atoms. The highest BCUT2D eigenvalue weighted by molar-refractivity contribution is 5.78. The van der Waals surface area contributed by atoms with E-state index in [1.165, 1.54) is 12.0 Å². The molecule has 152 valence electrons. The molecule has 6 heteroatoms. The number of ether oxygens (including phenoxy) is 1. The number of carbonyl (C=O) groups is 1. The fraction of sp³-hybridized carbons (Fsp3) is 0.522. The van der Waals surface area contributed by atoms with E-state index in [2.05, 4.69) is 31.9 Å². The molecule has 5 rings (SSSR count). The van der Waals surface area contributed by atoms with Gasteiger partial charge in [-0.3, -0.25) is 4.79 Å². The molecule has 1 amide bonds. The van der Waals surface area contributed by atoms with Crippen LogP contribution in [0.4, 0.5) is 5.95 Å². The third-order valence-corrected chi connectivity index (χ3v) is 6.91. The number of nitrogens with zero attached hydrogens (tertiary/aromatic N) is 4. The van der Waals surface area contributed by atoms with Crippen LogP contribution in [0.2, 0.25) is 0 Å². The van der Waals surface area contributed by atoms with Crippen molar-refractivity contribution >= 4 is 11.9 Å². The lowest BCUT2D eigenvalue weighted by Crippen LogP contribution is -2.65. The number of hydrogen-bond acceptors (Lipinski definition) is 5. The Hall–Kier alpha value is -2.63. The maximum atomic E-state index is 13.0. The first-order valence-electron chi connectivity index (χ1n) is 10.7. The van der Waals surface area contributed by atoms with Gasteiger partial charge >= 0.3 is 0 Å². The average Bonchev–Trinajstić information content (AvgIpc) is 2.77. The smallest absolute Gasteiger partial charge is 0.225 e. The fourth-order valence-corrected chi connectivity index (χ4v) is 5.70. The van der Waals surface area contributed by atoms with E-state index in [9.17, 15) is 4.79 Å². The van der Waals surface area contributed by atoms with Gasteiger partial charge in [0.1, 0.15) is 5.75 Å². The highest BCUT2D eigenvalue weighted by Crippen LogP contribution is 2.43. The highest BCUT2D eigenvalue weighted by Gasteiger charge is 2.49. The first kappa shape index (κ1) is 18.4. The number of fused-ring (bicyclic) bond motifs is 4. The van der Waals surface area contributed by atoms with E-state index in [0.29, 0.717) is 30.2 Å². The van der Waals surface area contributed by atoms with E-state index in [4.69, 9.17) is 4.74 Å². The first-order valence-corrected chi connectivity index (χ1v) is 10.7. The molecule has 0 saturated carbocycles. The monoisotopic (exact) mass is 392 g/mol. The van der Waals surface area contributed by atoms with Gasteiger partial charge in [-0.15, -0.1) is 0 Å². The Labute approximate surface area is 171 Å². The predicted octanol–water partition coefficient (Wildman–Crippen LogP) is 2.93. The molecule has 0 unspecified atom stereocenters. The topological polar surface area (TPSA) is 58.6 Å². The van der Waals surface area contributed by atoms with Crippen LogP contribution in [0.3, 0.4) is 0 Å². The zero-order valence-corrected chi connectivity index (χ0v) is 16.9. The van der Waals surface area contributed by atoms with Crippen molar-refractivity contribution in [3.05, 3.63) is 48.3 Å². The standard InChI is InChI=1S/C23H28N4O2/c1-29-19-6-2-5-16(11-19)12-21-18-13-17(20-7-3-8-22(28)27(20)21)14-26(15-18)23-24-9-4-10-25-23/h2,4-6,9-11,17-18,20-21H,3,7-8,12-15H2,1H3/t17-,18+,20+,21+/m1/s1. The molecule has 0 N–H and O–H groups in total. The number of anilines is 1. The average molecular weight is 393 g/mol. The van der Waals surface area contributed by atoms with Crippen molar-refractivity contribution in [1.29, 1.82) is 0 Å². The molecule has 4 heterocycles. The second kappa shape index (κ2) is 7.65. The lowest BCUT2D eigenvalue weighted by molar-refractivity contribution is -0.148. The second-order valence-corrected chi connectivity index (χ2v) is 8.59. The molecule has 3 aliphatic rings. The van der Waals surface area contributed by atoms with Crippen LogP contribution in [-0.2, 0) is 11.2 Å². The summed E-state index contributed by atoms with van der Waals surface area (Å²) in [6, 6.07) is 10.7. The molecule has 1 aromatic heterocycles. The molecule has 2 bridgehead atoms. The SMILES string of the molecule is COc1cccc(C[C@H]2[C@H]3C[C@H](CN(c4ncccn4)C3)[C@@H]3CCCC(=O)N32)c1. The van der Waals surface area contributed by atoms with Crippen molar-refractivity contribution in [3.8, 4) is 5.75 Å². The van der Waals surface area contributed by atoms with Gasteiger partial charge in [0.15, 0.2) is 0 Å². The van der Waals surface area contributed by atoms with Crippen molar-refractivity contribution in [1.82, 2.24) is 14.9 Å². The van der Waals surface area contributed by atoms with Gasteiger partial charge in [0.25, 0.3) is 0 Å². The van der Waals surface area contributed by atoms with Crippen molar-refractivity contribution in [2.24, 2.45) is 11.8 Å². The molecular weight excluding hydrogens is 364 g/mol. The largest absolute Gasteiger partial charge is 0.497 e. The Bertz CT molecular complexity index is 874. The van der Waals surface area contributed by atoms with Crippen molar-refractivity contribution < 1.29 is 9.53 Å². The summed E-state index contributed by atoms with van der Waals surface area (Å²) in [5, 5.41) is 0. The van der Waals surface area contributed by atoms with Crippen LogP contribution in [0, 0.1) is 11.8 Å². The van der Waals surface area contributed by atoms with Gasteiger partial charge in [0.05, 0.1) is 7.11 Å². The molecule has 6 nitrogen and oxygen atoms in total. The molecular formula is C23H28N4O2. The van der Waals surface area contributed by atoms with Crippen molar-refractivity contribution in [2.45, 2.75) is 44.2 Å². The Kier molecular flexibility index (Phi) is 4.86. The minimum absolute atomic E-state index is 0.225. The Morgan fingerprint density at radius 3 is 2.79 bits per heavy atom. The fourth-order valence-electron chi connectivity index (χ4n) is 5.70. The summed E-state index contributed by atoms with van der Waals surface area (Å²) in [5.41, 5.74) is 1.23. The number of methoxy groups -OCH3 is 1. The van der Waals surface area contributed by atoms with Gasteiger partial charge in [0, 0.05) is 44.0 Å². The van der Waals surface area contributed by atoms with E-state index in [1.807, 2.05) is 30.6 Å². The molecule has 0 radical (unpaired) electrons. The number of aromatic nitrogens is 2. The zero-order chi connectivity index (χ0) is 19.8. The summed E-state index contributed by atoms with van der Waals surface area (Å²) in [5.74, 6) is 2.97. The van der Waals surface area contributed by atoms with Gasteiger partial charge in [-0.2, -0.15) is 0 Å². The van der Waals surface area contributed by atoms with Gasteiger partial charge in [-0.25, -0.2) is 9.97 Å². The molecule has 2 aromatic rings. The van der Waals surface area contributed by atoms with Gasteiger partial charge in [-0.1, -0.05) is 12.1 Å². The third kappa shape index (κ3) is 3.45. The van der Waals surface area contributed by atoms with Crippen LogP contribution in [0.15, 0.2) is 42.7 Å². The minimum Gasteiger partial charge on any atom is -0.497 e. The van der Waals surface area contributed by atoms with E-state index in [0.717, 1.165) is 44.0 Å². The molecule has 3 fully saturated rings. The minimum atomic E-state index is 0.225. The number of amides is 1. The number of carbonyl (C=O) groups excluding carboxylic acids is 1. The summed E-state index contributed by atoms with van der Waals surface area (Å²) in [6.45, 7) is 1.85.